The minimum Gasteiger partial charge on any atom is -0.452 e. The first kappa shape index (κ1) is 15.2. The Morgan fingerprint density at radius 1 is 1.10 bits per heavy atom. The molecule has 2 aromatic rings. The van der Waals surface area contributed by atoms with Crippen molar-refractivity contribution in [2.24, 2.45) is 0 Å². The Bertz CT molecular complexity index is 658. The second kappa shape index (κ2) is 6.99. The largest absolute Gasteiger partial charge is 0.452 e. The number of ether oxygens (including phenoxy) is 1. The number of hydrogen-bond donors (Lipinski definition) is 1. The van der Waals surface area contributed by atoms with Gasteiger partial charge in [-0.2, -0.15) is 0 Å². The minimum absolute atomic E-state index is 0.200. The third-order valence-corrected chi connectivity index (χ3v) is 3.08. The molecular weight excluding hydrogens is 341 g/mol. The summed E-state index contributed by atoms with van der Waals surface area (Å²) in [5.74, 6) is -2.06. The van der Waals surface area contributed by atoms with Gasteiger partial charge in [0.15, 0.2) is 6.61 Å². The summed E-state index contributed by atoms with van der Waals surface area (Å²) in [7, 11) is 0. The van der Waals surface area contributed by atoms with Crippen molar-refractivity contribution in [2.45, 2.75) is 0 Å². The molecule has 0 radical (unpaired) electrons. The highest BCUT2D eigenvalue weighted by Crippen LogP contribution is 2.14. The van der Waals surface area contributed by atoms with E-state index in [2.05, 4.69) is 21.2 Å². The lowest BCUT2D eigenvalue weighted by Crippen LogP contribution is -2.21. The first-order valence-electron chi connectivity index (χ1n) is 6.03. The lowest BCUT2D eigenvalue weighted by Gasteiger charge is -2.07. The highest BCUT2D eigenvalue weighted by atomic mass is 79.9. The monoisotopic (exact) mass is 351 g/mol. The van der Waals surface area contributed by atoms with Crippen LogP contribution in [0.4, 0.5) is 10.1 Å². The van der Waals surface area contributed by atoms with Crippen molar-refractivity contribution in [2.75, 3.05) is 11.9 Å². The van der Waals surface area contributed by atoms with E-state index in [1.807, 2.05) is 0 Å². The Kier molecular flexibility index (Phi) is 5.05. The van der Waals surface area contributed by atoms with E-state index in [0.29, 0.717) is 5.69 Å². The Morgan fingerprint density at radius 3 is 2.43 bits per heavy atom. The molecular formula is C15H11BrFNO3. The molecule has 6 heteroatoms. The Hall–Kier alpha value is -2.21. The van der Waals surface area contributed by atoms with Crippen LogP contribution in [0.1, 0.15) is 10.4 Å². The summed E-state index contributed by atoms with van der Waals surface area (Å²) >= 11 is 3.28. The minimum atomic E-state index is -0.876. The maximum Gasteiger partial charge on any atom is 0.341 e. The van der Waals surface area contributed by atoms with Gasteiger partial charge in [0.05, 0.1) is 5.56 Å². The van der Waals surface area contributed by atoms with E-state index < -0.39 is 24.3 Å². The van der Waals surface area contributed by atoms with E-state index in [0.717, 1.165) is 10.5 Å². The van der Waals surface area contributed by atoms with Crippen LogP contribution in [0.25, 0.3) is 0 Å². The third kappa shape index (κ3) is 4.39. The number of rotatable bonds is 4. The van der Waals surface area contributed by atoms with Crippen molar-refractivity contribution in [1.29, 1.82) is 0 Å². The number of carbonyl (C=O) groups excluding carboxylic acids is 2. The predicted octanol–water partition coefficient (Wildman–Crippen LogP) is 3.38. The van der Waals surface area contributed by atoms with Crippen LogP contribution in [-0.2, 0) is 9.53 Å². The molecule has 0 aliphatic carbocycles. The van der Waals surface area contributed by atoms with Crippen molar-refractivity contribution in [1.82, 2.24) is 0 Å². The number of halogens is 2. The average Bonchev–Trinajstić information content (AvgIpc) is 2.48. The van der Waals surface area contributed by atoms with Crippen LogP contribution in [0.5, 0.6) is 0 Å². The van der Waals surface area contributed by atoms with Gasteiger partial charge >= 0.3 is 5.97 Å². The fraction of sp³-hybridized carbons (Fsp3) is 0.0667. The van der Waals surface area contributed by atoms with Crippen molar-refractivity contribution in [3.05, 3.63) is 64.4 Å². The number of anilines is 1. The van der Waals surface area contributed by atoms with Gasteiger partial charge in [0, 0.05) is 10.2 Å². The van der Waals surface area contributed by atoms with Crippen molar-refractivity contribution in [3.63, 3.8) is 0 Å². The lowest BCUT2D eigenvalue weighted by molar-refractivity contribution is -0.119. The normalized spacial score (nSPS) is 10.0. The van der Waals surface area contributed by atoms with Crippen LogP contribution < -0.4 is 5.32 Å². The number of benzene rings is 2. The highest BCUT2D eigenvalue weighted by Gasteiger charge is 2.14. The van der Waals surface area contributed by atoms with Gasteiger partial charge in [-0.25, -0.2) is 9.18 Å². The molecule has 1 N–H and O–H groups in total. The number of esters is 1. The molecule has 0 aromatic heterocycles. The quantitative estimate of drug-likeness (QED) is 0.859. The molecule has 0 fully saturated rings. The fourth-order valence-electron chi connectivity index (χ4n) is 1.57. The maximum absolute atomic E-state index is 13.3. The molecule has 4 nitrogen and oxygen atoms in total. The highest BCUT2D eigenvalue weighted by molar-refractivity contribution is 9.10. The molecule has 0 unspecified atom stereocenters. The smallest absolute Gasteiger partial charge is 0.341 e. The summed E-state index contributed by atoms with van der Waals surface area (Å²) in [4.78, 5) is 23.2. The van der Waals surface area contributed by atoms with E-state index in [9.17, 15) is 14.0 Å². The number of hydrogen-bond acceptors (Lipinski definition) is 3. The van der Waals surface area contributed by atoms with Gasteiger partial charge in [-0.15, -0.1) is 0 Å². The van der Waals surface area contributed by atoms with Crippen LogP contribution in [0, 0.1) is 5.82 Å². The van der Waals surface area contributed by atoms with Crippen molar-refractivity contribution < 1.29 is 18.7 Å². The first-order valence-corrected chi connectivity index (χ1v) is 6.82. The molecule has 0 aliphatic rings. The zero-order chi connectivity index (χ0) is 15.2. The Labute approximate surface area is 129 Å². The number of amides is 1. The molecule has 2 rings (SSSR count). The van der Waals surface area contributed by atoms with Gasteiger partial charge < -0.3 is 10.1 Å². The van der Waals surface area contributed by atoms with Crippen LogP contribution in [0.15, 0.2) is 53.0 Å². The summed E-state index contributed by atoms with van der Waals surface area (Å²) in [6.07, 6.45) is 0. The third-order valence-electron chi connectivity index (χ3n) is 2.56. The van der Waals surface area contributed by atoms with Crippen LogP contribution in [0.3, 0.4) is 0 Å². The molecule has 0 atom stereocenters. The van der Waals surface area contributed by atoms with Gasteiger partial charge in [0.2, 0.25) is 0 Å². The molecule has 2 aromatic carbocycles. The number of carbonyl (C=O) groups is 2. The standard InChI is InChI=1S/C15H11BrFNO3/c16-10-5-7-11(8-6-10)18-14(19)9-21-15(20)12-3-1-2-4-13(12)17/h1-8H,9H2,(H,18,19). The van der Waals surface area contributed by atoms with Gasteiger partial charge in [-0.3, -0.25) is 4.79 Å². The van der Waals surface area contributed by atoms with Crippen molar-refractivity contribution >= 4 is 33.5 Å². The van der Waals surface area contributed by atoms with Crippen LogP contribution in [-0.4, -0.2) is 18.5 Å². The van der Waals surface area contributed by atoms with Crippen LogP contribution in [0.2, 0.25) is 0 Å². The van der Waals surface area contributed by atoms with E-state index in [4.69, 9.17) is 4.74 Å². The first-order chi connectivity index (χ1) is 10.1. The molecule has 21 heavy (non-hydrogen) atoms. The van der Waals surface area contributed by atoms with E-state index in [-0.39, 0.29) is 5.56 Å². The van der Waals surface area contributed by atoms with E-state index in [1.165, 1.54) is 18.2 Å². The molecule has 1 amide bonds. The zero-order valence-electron chi connectivity index (χ0n) is 10.8. The number of nitrogens with one attached hydrogen (secondary N) is 1. The molecule has 0 bridgehead atoms. The summed E-state index contributed by atoms with van der Waals surface area (Å²) in [6.45, 7) is -0.483. The Morgan fingerprint density at radius 2 is 1.76 bits per heavy atom. The molecule has 0 saturated carbocycles. The zero-order valence-corrected chi connectivity index (χ0v) is 12.4. The lowest BCUT2D eigenvalue weighted by atomic mass is 10.2. The van der Waals surface area contributed by atoms with Gasteiger partial charge in [0.25, 0.3) is 5.91 Å². The van der Waals surface area contributed by atoms with E-state index in [1.54, 1.807) is 24.3 Å². The molecule has 0 aliphatic heterocycles. The van der Waals surface area contributed by atoms with Crippen LogP contribution >= 0.6 is 15.9 Å². The van der Waals surface area contributed by atoms with Gasteiger partial charge in [-0.05, 0) is 36.4 Å². The van der Waals surface area contributed by atoms with Gasteiger partial charge in [-0.1, -0.05) is 28.1 Å². The molecule has 0 heterocycles. The molecule has 0 saturated heterocycles. The summed E-state index contributed by atoms with van der Waals surface area (Å²) in [6, 6.07) is 12.3. The summed E-state index contributed by atoms with van der Waals surface area (Å²) in [5, 5.41) is 2.56. The topological polar surface area (TPSA) is 55.4 Å². The summed E-state index contributed by atoms with van der Waals surface area (Å²) < 4.78 is 19.0. The SMILES string of the molecule is O=C(COC(=O)c1ccccc1F)Nc1ccc(Br)cc1. The van der Waals surface area contributed by atoms with Crippen molar-refractivity contribution in [3.8, 4) is 0 Å². The Balaban J connectivity index is 1.88. The average molecular weight is 352 g/mol. The fourth-order valence-corrected chi connectivity index (χ4v) is 1.83. The molecule has 0 spiro atoms. The van der Waals surface area contributed by atoms with E-state index >= 15 is 0 Å². The van der Waals surface area contributed by atoms with Gasteiger partial charge in [0.1, 0.15) is 5.82 Å². The maximum atomic E-state index is 13.3. The second-order valence-corrected chi connectivity index (χ2v) is 5.03. The molecule has 108 valence electrons. The second-order valence-electron chi connectivity index (χ2n) is 4.11. The predicted molar refractivity (Wildman–Crippen MR) is 79.5 cm³/mol. The summed E-state index contributed by atoms with van der Waals surface area (Å²) in [5.41, 5.74) is 0.374.